The third-order valence-corrected chi connectivity index (χ3v) is 5.82. The summed E-state index contributed by atoms with van der Waals surface area (Å²) in [6.45, 7) is 6.05. The van der Waals surface area contributed by atoms with Crippen LogP contribution < -0.4 is 15.0 Å². The van der Waals surface area contributed by atoms with E-state index in [-0.39, 0.29) is 18.4 Å². The maximum Gasteiger partial charge on any atom is 0.325 e. The predicted octanol–water partition coefficient (Wildman–Crippen LogP) is 1.45. The lowest BCUT2D eigenvalue weighted by Crippen LogP contribution is -2.52. The summed E-state index contributed by atoms with van der Waals surface area (Å²) in [7, 11) is 1.63. The first-order valence-corrected chi connectivity index (χ1v) is 9.75. The number of carbonyl (C=O) groups is 3. The minimum Gasteiger partial charge on any atom is -0.497 e. The summed E-state index contributed by atoms with van der Waals surface area (Å²) in [5, 5.41) is 2.76. The van der Waals surface area contributed by atoms with Gasteiger partial charge in [0.15, 0.2) is 0 Å². The number of amides is 4. The molecule has 0 radical (unpaired) electrons. The highest BCUT2D eigenvalue weighted by Gasteiger charge is 2.49. The van der Waals surface area contributed by atoms with Gasteiger partial charge in [0, 0.05) is 31.9 Å². The first-order chi connectivity index (χ1) is 13.4. The number of carbonyl (C=O) groups excluding carboxylic acids is 3. The lowest BCUT2D eigenvalue weighted by atomic mass is 9.93. The number of rotatable bonds is 6. The summed E-state index contributed by atoms with van der Waals surface area (Å²) in [5.74, 6) is 0.315. The van der Waals surface area contributed by atoms with Crippen LogP contribution in [0, 0.1) is 0 Å². The topological polar surface area (TPSA) is 82.2 Å². The number of urea groups is 1. The first kappa shape index (κ1) is 20.0. The molecule has 2 aliphatic rings. The fourth-order valence-electron chi connectivity index (χ4n) is 3.79. The monoisotopic (exact) mass is 388 g/mol. The molecule has 2 saturated heterocycles. The summed E-state index contributed by atoms with van der Waals surface area (Å²) in [6.07, 6.45) is 1.03. The third-order valence-electron chi connectivity index (χ3n) is 5.82. The zero-order valence-corrected chi connectivity index (χ0v) is 16.7. The van der Waals surface area contributed by atoms with Crippen LogP contribution in [0.25, 0.3) is 0 Å². The molecule has 8 heteroatoms. The number of imide groups is 1. The van der Waals surface area contributed by atoms with Crippen molar-refractivity contribution >= 4 is 23.5 Å². The fraction of sp³-hybridized carbons (Fsp3) is 0.550. The Balaban J connectivity index is 1.56. The molecule has 8 nitrogen and oxygen atoms in total. The molecular formula is C20H28N4O4. The van der Waals surface area contributed by atoms with E-state index >= 15 is 0 Å². The van der Waals surface area contributed by atoms with Crippen LogP contribution in [-0.4, -0.2) is 73.0 Å². The van der Waals surface area contributed by atoms with Crippen molar-refractivity contribution in [2.45, 2.75) is 32.2 Å². The molecule has 0 unspecified atom stereocenters. The minimum atomic E-state index is -0.871. The first-order valence-electron chi connectivity index (χ1n) is 9.75. The molecule has 2 aliphatic heterocycles. The van der Waals surface area contributed by atoms with Crippen LogP contribution in [0.5, 0.6) is 5.75 Å². The number of hydrogen-bond acceptors (Lipinski definition) is 5. The molecule has 0 spiro atoms. The van der Waals surface area contributed by atoms with Gasteiger partial charge in [0.25, 0.3) is 5.91 Å². The molecule has 2 heterocycles. The molecule has 152 valence electrons. The highest BCUT2D eigenvalue weighted by atomic mass is 16.5. The zero-order chi connectivity index (χ0) is 20.3. The third kappa shape index (κ3) is 3.63. The fourth-order valence-corrected chi connectivity index (χ4v) is 3.79. The van der Waals surface area contributed by atoms with Crippen LogP contribution in [0.15, 0.2) is 24.3 Å². The molecule has 1 aromatic rings. The summed E-state index contributed by atoms with van der Waals surface area (Å²) in [6, 6.07) is 7.35. The molecule has 2 fully saturated rings. The molecule has 0 saturated carbocycles. The molecule has 0 atom stereocenters. The molecule has 0 aromatic heterocycles. The van der Waals surface area contributed by atoms with Crippen LogP contribution >= 0.6 is 0 Å². The summed E-state index contributed by atoms with van der Waals surface area (Å²) < 4.78 is 5.18. The van der Waals surface area contributed by atoms with E-state index < -0.39 is 11.6 Å². The maximum atomic E-state index is 12.7. The largest absolute Gasteiger partial charge is 0.497 e. The van der Waals surface area contributed by atoms with Gasteiger partial charge in [-0.15, -0.1) is 0 Å². The van der Waals surface area contributed by atoms with Crippen molar-refractivity contribution in [2.75, 3.05) is 44.7 Å². The quantitative estimate of drug-likeness (QED) is 0.746. The van der Waals surface area contributed by atoms with Gasteiger partial charge in [-0.3, -0.25) is 14.5 Å². The number of methoxy groups -OCH3 is 1. The number of hydrogen-bond donors (Lipinski definition) is 1. The van der Waals surface area contributed by atoms with Gasteiger partial charge in [0.05, 0.1) is 7.11 Å². The van der Waals surface area contributed by atoms with Gasteiger partial charge in [0.2, 0.25) is 5.91 Å². The number of anilines is 1. The van der Waals surface area contributed by atoms with E-state index in [1.165, 1.54) is 0 Å². The Morgan fingerprint density at radius 2 is 1.68 bits per heavy atom. The van der Waals surface area contributed by atoms with Gasteiger partial charge in [0.1, 0.15) is 17.8 Å². The standard InChI is InChI=1S/C20H28N4O4/c1-4-20(5-2)18(26)24(19(27)21-20)14-17(25)23-12-10-22(11-13-23)15-6-8-16(28-3)9-7-15/h6-9H,4-5,10-14H2,1-3H3,(H,21,27). The Labute approximate surface area is 165 Å². The Hall–Kier alpha value is -2.77. The van der Waals surface area contributed by atoms with Crippen LogP contribution in [0.4, 0.5) is 10.5 Å². The van der Waals surface area contributed by atoms with Crippen LogP contribution in [-0.2, 0) is 9.59 Å². The van der Waals surface area contributed by atoms with E-state index in [9.17, 15) is 14.4 Å². The summed E-state index contributed by atoms with van der Waals surface area (Å²) in [4.78, 5) is 42.6. The average molecular weight is 388 g/mol. The van der Waals surface area contributed by atoms with E-state index in [4.69, 9.17) is 4.74 Å². The SMILES string of the molecule is CCC1(CC)NC(=O)N(CC(=O)N2CCN(c3ccc(OC)cc3)CC2)C1=O. The molecule has 4 amide bonds. The Bertz CT molecular complexity index is 737. The number of piperazine rings is 1. The number of benzene rings is 1. The number of ether oxygens (including phenoxy) is 1. The van der Waals surface area contributed by atoms with Crippen molar-refractivity contribution < 1.29 is 19.1 Å². The van der Waals surface area contributed by atoms with Crippen molar-refractivity contribution in [3.63, 3.8) is 0 Å². The van der Waals surface area contributed by atoms with Crippen LogP contribution in [0.2, 0.25) is 0 Å². The Kier molecular flexibility index (Phi) is 5.76. The van der Waals surface area contributed by atoms with E-state index in [0.29, 0.717) is 39.0 Å². The van der Waals surface area contributed by atoms with Gasteiger partial charge in [-0.1, -0.05) is 13.8 Å². The van der Waals surface area contributed by atoms with Crippen LogP contribution in [0.1, 0.15) is 26.7 Å². The van der Waals surface area contributed by atoms with Gasteiger partial charge in [-0.2, -0.15) is 0 Å². The van der Waals surface area contributed by atoms with E-state index in [1.54, 1.807) is 12.0 Å². The highest BCUT2D eigenvalue weighted by Crippen LogP contribution is 2.25. The van der Waals surface area contributed by atoms with Crippen molar-refractivity contribution in [1.82, 2.24) is 15.1 Å². The number of nitrogens with one attached hydrogen (secondary N) is 1. The predicted molar refractivity (Wildman–Crippen MR) is 105 cm³/mol. The van der Waals surface area contributed by atoms with Crippen molar-refractivity contribution in [3.8, 4) is 5.75 Å². The summed E-state index contributed by atoms with van der Waals surface area (Å²) in [5.41, 5.74) is 0.211. The second kappa shape index (κ2) is 8.08. The van der Waals surface area contributed by atoms with Gasteiger partial charge < -0.3 is 19.9 Å². The normalized spacial score (nSPS) is 19.0. The van der Waals surface area contributed by atoms with E-state index in [0.717, 1.165) is 16.3 Å². The van der Waals surface area contributed by atoms with Crippen molar-refractivity contribution in [2.24, 2.45) is 0 Å². The highest BCUT2D eigenvalue weighted by molar-refractivity contribution is 6.09. The molecule has 1 N–H and O–H groups in total. The molecule has 0 bridgehead atoms. The molecular weight excluding hydrogens is 360 g/mol. The molecule has 0 aliphatic carbocycles. The average Bonchev–Trinajstić information content (AvgIpc) is 2.98. The minimum absolute atomic E-state index is 0.194. The number of nitrogens with zero attached hydrogens (tertiary/aromatic N) is 3. The molecule has 28 heavy (non-hydrogen) atoms. The van der Waals surface area contributed by atoms with E-state index in [2.05, 4.69) is 10.2 Å². The van der Waals surface area contributed by atoms with Gasteiger partial charge in [-0.25, -0.2) is 4.79 Å². The second-order valence-corrected chi connectivity index (χ2v) is 7.18. The molecule has 1 aromatic carbocycles. The van der Waals surface area contributed by atoms with Crippen LogP contribution in [0.3, 0.4) is 0 Å². The maximum absolute atomic E-state index is 12.7. The van der Waals surface area contributed by atoms with Crippen molar-refractivity contribution in [3.05, 3.63) is 24.3 Å². The van der Waals surface area contributed by atoms with Gasteiger partial charge >= 0.3 is 6.03 Å². The zero-order valence-electron chi connectivity index (χ0n) is 16.7. The Morgan fingerprint density at radius 3 is 2.18 bits per heavy atom. The van der Waals surface area contributed by atoms with Gasteiger partial charge in [-0.05, 0) is 37.1 Å². The lowest BCUT2D eigenvalue weighted by molar-refractivity contribution is -0.139. The lowest BCUT2D eigenvalue weighted by Gasteiger charge is -2.36. The second-order valence-electron chi connectivity index (χ2n) is 7.18. The molecule has 3 rings (SSSR count). The van der Waals surface area contributed by atoms with Crippen molar-refractivity contribution in [1.29, 1.82) is 0 Å². The Morgan fingerprint density at radius 1 is 1.07 bits per heavy atom. The summed E-state index contributed by atoms with van der Waals surface area (Å²) >= 11 is 0. The van der Waals surface area contributed by atoms with E-state index in [1.807, 2.05) is 38.1 Å². The smallest absolute Gasteiger partial charge is 0.325 e.